The quantitative estimate of drug-likeness (QED) is 0.528. The Morgan fingerprint density at radius 3 is 2.22 bits per heavy atom. The second kappa shape index (κ2) is 5.83. The lowest BCUT2D eigenvalue weighted by Gasteiger charge is -2.09. The number of hydrogen-bond donors (Lipinski definition) is 0. The number of alkyl halides is 3. The number of hydrogen-bond acceptors (Lipinski definition) is 1. The number of aromatic nitrogens is 1. The Bertz CT molecular complexity index is 857. The molecular weight excluding hydrogens is 303 g/mol. The molecule has 0 aliphatic rings. The van der Waals surface area contributed by atoms with Crippen molar-refractivity contribution in [3.05, 3.63) is 78.0 Å². The molecule has 0 N–H and O–H groups in total. The Morgan fingerprint density at radius 1 is 0.870 bits per heavy atom. The maximum atomic E-state index is 13.3. The first-order valence-corrected chi connectivity index (χ1v) is 7.04. The fourth-order valence-electron chi connectivity index (χ4n) is 2.54. The smallest absolute Gasteiger partial charge is 0.287 e. The van der Waals surface area contributed by atoms with Crippen LogP contribution in [0.4, 0.5) is 13.2 Å². The van der Waals surface area contributed by atoms with Crippen LogP contribution in [-0.2, 0) is 12.7 Å². The molecule has 116 valence electrons. The molecule has 0 atom stereocenters. The van der Waals surface area contributed by atoms with Crippen LogP contribution in [0.3, 0.4) is 0 Å². The standard InChI is InChI=1S/C18H13F3NO/c19-18(20,21)17-11-10-13-6-4-5-9-15(13)22(17)12-16(23)14-7-2-1-3-8-14/h1-11H,12H2/q+1. The molecule has 5 heteroatoms. The van der Waals surface area contributed by atoms with Gasteiger partial charge in [-0.2, -0.15) is 17.7 Å². The number of benzene rings is 2. The summed E-state index contributed by atoms with van der Waals surface area (Å²) >= 11 is 0. The largest absolute Gasteiger partial charge is 0.477 e. The van der Waals surface area contributed by atoms with Crippen molar-refractivity contribution in [2.45, 2.75) is 12.7 Å². The predicted octanol–water partition coefficient (Wildman–Crippen LogP) is 4.03. The topological polar surface area (TPSA) is 20.9 Å². The molecule has 0 aliphatic carbocycles. The van der Waals surface area contributed by atoms with Gasteiger partial charge in [0.25, 0.3) is 5.69 Å². The van der Waals surface area contributed by atoms with Gasteiger partial charge in [0, 0.05) is 23.1 Å². The zero-order chi connectivity index (χ0) is 16.4. The molecule has 23 heavy (non-hydrogen) atoms. The molecular formula is C18H13F3NO+. The fourth-order valence-corrected chi connectivity index (χ4v) is 2.54. The SMILES string of the molecule is O=C(C[n+]1c(C(F)(F)F)ccc2ccccc21)c1ccccc1. The Morgan fingerprint density at radius 2 is 1.52 bits per heavy atom. The molecule has 0 fully saturated rings. The van der Waals surface area contributed by atoms with Crippen LogP contribution >= 0.6 is 0 Å². The van der Waals surface area contributed by atoms with E-state index in [1.807, 2.05) is 0 Å². The van der Waals surface area contributed by atoms with E-state index in [2.05, 4.69) is 0 Å². The summed E-state index contributed by atoms with van der Waals surface area (Å²) in [6.07, 6.45) is -4.53. The van der Waals surface area contributed by atoms with Gasteiger partial charge in [0.2, 0.25) is 17.8 Å². The number of rotatable bonds is 3. The number of pyridine rings is 1. The third-order valence-corrected chi connectivity index (χ3v) is 3.63. The van der Waals surface area contributed by atoms with Gasteiger partial charge in [-0.15, -0.1) is 0 Å². The molecule has 2 aromatic carbocycles. The Labute approximate surface area is 130 Å². The summed E-state index contributed by atoms with van der Waals surface area (Å²) in [5.74, 6) is -0.363. The average molecular weight is 316 g/mol. The normalized spacial score (nSPS) is 11.6. The molecule has 0 unspecified atom stereocenters. The van der Waals surface area contributed by atoms with Gasteiger partial charge in [-0.1, -0.05) is 42.5 Å². The molecule has 1 heterocycles. The number of carbonyl (C=O) groups excluding carboxylic acids is 1. The van der Waals surface area contributed by atoms with Crippen LogP contribution in [0.1, 0.15) is 16.1 Å². The average Bonchev–Trinajstić information content (AvgIpc) is 2.55. The molecule has 0 bridgehead atoms. The summed E-state index contributed by atoms with van der Waals surface area (Å²) in [6.45, 7) is -0.361. The van der Waals surface area contributed by atoms with Gasteiger partial charge in [-0.3, -0.25) is 4.79 Å². The fraction of sp³-hybridized carbons (Fsp3) is 0.111. The first-order valence-electron chi connectivity index (χ1n) is 7.04. The molecule has 3 aromatic rings. The van der Waals surface area contributed by atoms with Crippen LogP contribution in [0.2, 0.25) is 0 Å². The number of carbonyl (C=O) groups is 1. The van der Waals surface area contributed by atoms with Crippen LogP contribution in [0.5, 0.6) is 0 Å². The maximum absolute atomic E-state index is 13.3. The number of halogens is 3. The third-order valence-electron chi connectivity index (χ3n) is 3.63. The number of nitrogens with zero attached hydrogens (tertiary/aromatic N) is 1. The van der Waals surface area contributed by atoms with Crippen molar-refractivity contribution in [3.8, 4) is 0 Å². The minimum absolute atomic E-state index is 0.361. The van der Waals surface area contributed by atoms with E-state index >= 15 is 0 Å². The molecule has 0 amide bonds. The Kier molecular flexibility index (Phi) is 3.86. The molecule has 0 saturated heterocycles. The van der Waals surface area contributed by atoms with Crippen molar-refractivity contribution in [2.24, 2.45) is 0 Å². The van der Waals surface area contributed by atoms with E-state index in [0.717, 1.165) is 10.6 Å². The highest BCUT2D eigenvalue weighted by Crippen LogP contribution is 2.28. The first kappa shape index (κ1) is 15.2. The summed E-state index contributed by atoms with van der Waals surface area (Å²) in [6, 6.07) is 17.5. The second-order valence-electron chi connectivity index (χ2n) is 5.15. The molecule has 2 nitrogen and oxygen atoms in total. The van der Waals surface area contributed by atoms with Crippen LogP contribution in [0.15, 0.2) is 66.7 Å². The van der Waals surface area contributed by atoms with Crippen LogP contribution in [0, 0.1) is 0 Å². The van der Waals surface area contributed by atoms with E-state index in [-0.39, 0.29) is 12.3 Å². The zero-order valence-electron chi connectivity index (χ0n) is 12.0. The Hall–Kier alpha value is -2.69. The third kappa shape index (κ3) is 3.08. The predicted molar refractivity (Wildman–Crippen MR) is 79.9 cm³/mol. The van der Waals surface area contributed by atoms with Crippen molar-refractivity contribution < 1.29 is 22.5 Å². The van der Waals surface area contributed by atoms with Crippen molar-refractivity contribution in [3.63, 3.8) is 0 Å². The van der Waals surface area contributed by atoms with Crippen LogP contribution in [0.25, 0.3) is 10.9 Å². The van der Waals surface area contributed by atoms with Gasteiger partial charge < -0.3 is 0 Å². The number of Topliss-reactive ketones (excluding diaryl/α,β-unsaturated/α-hetero) is 1. The summed E-state index contributed by atoms with van der Waals surface area (Å²) in [5, 5.41) is 0.654. The highest BCUT2D eigenvalue weighted by molar-refractivity contribution is 5.95. The molecule has 1 aromatic heterocycles. The molecule has 0 radical (unpaired) electrons. The minimum Gasteiger partial charge on any atom is -0.287 e. The van der Waals surface area contributed by atoms with Gasteiger partial charge in [-0.25, -0.2) is 0 Å². The number of fused-ring (bicyclic) bond motifs is 1. The lowest BCUT2D eigenvalue weighted by atomic mass is 10.1. The van der Waals surface area contributed by atoms with Crippen LogP contribution in [-0.4, -0.2) is 5.78 Å². The zero-order valence-corrected chi connectivity index (χ0v) is 12.0. The van der Waals surface area contributed by atoms with Crippen molar-refractivity contribution in [1.82, 2.24) is 0 Å². The lowest BCUT2D eigenvalue weighted by Crippen LogP contribution is -2.45. The van der Waals surface area contributed by atoms with Gasteiger partial charge in [0.05, 0.1) is 0 Å². The van der Waals surface area contributed by atoms with Gasteiger partial charge >= 0.3 is 6.18 Å². The number of para-hydroxylation sites is 1. The Balaban J connectivity index is 2.12. The summed E-state index contributed by atoms with van der Waals surface area (Å²) in [7, 11) is 0. The maximum Gasteiger partial charge on any atom is 0.477 e. The minimum atomic E-state index is -4.53. The molecule has 0 saturated carbocycles. The van der Waals surface area contributed by atoms with E-state index in [4.69, 9.17) is 0 Å². The molecule has 0 aliphatic heterocycles. The monoisotopic (exact) mass is 316 g/mol. The van der Waals surface area contributed by atoms with E-state index in [1.54, 1.807) is 54.6 Å². The summed E-state index contributed by atoms with van der Waals surface area (Å²) in [4.78, 5) is 12.3. The van der Waals surface area contributed by atoms with Crippen LogP contribution < -0.4 is 4.57 Å². The van der Waals surface area contributed by atoms with E-state index in [1.165, 1.54) is 6.07 Å². The van der Waals surface area contributed by atoms with Gasteiger partial charge in [0.15, 0.2) is 0 Å². The summed E-state index contributed by atoms with van der Waals surface area (Å²) < 4.78 is 40.9. The second-order valence-corrected chi connectivity index (χ2v) is 5.15. The summed E-state index contributed by atoms with van der Waals surface area (Å²) in [5.41, 5.74) is -0.0619. The highest BCUT2D eigenvalue weighted by Gasteiger charge is 2.42. The van der Waals surface area contributed by atoms with Crippen molar-refractivity contribution in [2.75, 3.05) is 0 Å². The van der Waals surface area contributed by atoms with Gasteiger partial charge in [0.1, 0.15) is 0 Å². The highest BCUT2D eigenvalue weighted by atomic mass is 19.4. The molecule has 3 rings (SSSR count). The molecule has 0 spiro atoms. The number of ketones is 1. The van der Waals surface area contributed by atoms with E-state index in [0.29, 0.717) is 16.5 Å². The lowest BCUT2D eigenvalue weighted by molar-refractivity contribution is -0.677. The van der Waals surface area contributed by atoms with Gasteiger partial charge in [-0.05, 0) is 12.1 Å². The van der Waals surface area contributed by atoms with Crippen molar-refractivity contribution >= 4 is 16.7 Å². The van der Waals surface area contributed by atoms with E-state index < -0.39 is 11.9 Å². The van der Waals surface area contributed by atoms with E-state index in [9.17, 15) is 18.0 Å². The first-order chi connectivity index (χ1) is 11.0. The van der Waals surface area contributed by atoms with Crippen molar-refractivity contribution in [1.29, 1.82) is 0 Å².